The zero-order valence-corrected chi connectivity index (χ0v) is 22.7. The zero-order valence-electron chi connectivity index (χ0n) is 22.7. The van der Waals surface area contributed by atoms with Crippen molar-refractivity contribution in [3.8, 4) is 11.5 Å². The van der Waals surface area contributed by atoms with Crippen LogP contribution in [0.2, 0.25) is 0 Å². The molecule has 2 rings (SSSR count). The maximum atomic E-state index is 10.7. The van der Waals surface area contributed by atoms with Gasteiger partial charge < -0.3 is 24.1 Å². The number of allylic oxidation sites excluding steroid dienone is 3. The van der Waals surface area contributed by atoms with Crippen LogP contribution in [0.5, 0.6) is 11.5 Å². The number of aryl methyl sites for hydroxylation is 1. The average Bonchev–Trinajstić information content (AvgIpc) is 2.85. The Balaban J connectivity index is 2.21. The van der Waals surface area contributed by atoms with Crippen molar-refractivity contribution < 1.29 is 24.1 Å². The maximum Gasteiger partial charge on any atom is 0.128 e. The van der Waals surface area contributed by atoms with Gasteiger partial charge in [-0.1, -0.05) is 61.9 Å². The molecule has 0 aliphatic rings. The van der Waals surface area contributed by atoms with E-state index in [4.69, 9.17) is 18.9 Å². The van der Waals surface area contributed by atoms with Crippen molar-refractivity contribution in [1.82, 2.24) is 0 Å². The Morgan fingerprint density at radius 3 is 2.31 bits per heavy atom. The van der Waals surface area contributed by atoms with Crippen molar-refractivity contribution in [2.24, 2.45) is 0 Å². The molecule has 36 heavy (non-hydrogen) atoms. The molecule has 2 aromatic rings. The summed E-state index contributed by atoms with van der Waals surface area (Å²) in [6.07, 6.45) is 5.13. The molecule has 1 atom stereocenters. The Bertz CT molecular complexity index is 1030. The van der Waals surface area contributed by atoms with Gasteiger partial charge >= 0.3 is 0 Å². The molecule has 0 aromatic heterocycles. The van der Waals surface area contributed by atoms with Gasteiger partial charge in [-0.25, -0.2) is 0 Å². The number of methoxy groups -OCH3 is 2. The Morgan fingerprint density at radius 2 is 1.69 bits per heavy atom. The number of aliphatic hydroxyl groups excluding tert-OH is 1. The summed E-state index contributed by atoms with van der Waals surface area (Å²) in [6.45, 7) is 13.9. The summed E-state index contributed by atoms with van der Waals surface area (Å²) in [4.78, 5) is 0. The van der Waals surface area contributed by atoms with E-state index in [2.05, 4.69) is 44.7 Å². The normalized spacial score (nSPS) is 12.9. The standard InChI is InChI=1S/C31H42O5/c1-8-24(5)25-9-11-29(12-10-25)35-15-16-36-31-27(18-23(4)19-28(31)21-34-7)20-26(17-22(2)3)30(32)13-14-33-6/h9-13,17-19,24,32H,2,8,14-16,20-21H2,1,3-7H3/b26-17-,30-13-. The fourth-order valence-electron chi connectivity index (χ4n) is 3.95. The largest absolute Gasteiger partial charge is 0.508 e. The smallest absolute Gasteiger partial charge is 0.128 e. The molecule has 5 nitrogen and oxygen atoms in total. The second-order valence-corrected chi connectivity index (χ2v) is 9.16. The number of rotatable bonds is 15. The first-order valence-electron chi connectivity index (χ1n) is 12.5. The van der Waals surface area contributed by atoms with E-state index in [1.165, 1.54) is 5.56 Å². The van der Waals surface area contributed by atoms with Crippen LogP contribution in [0.1, 0.15) is 55.4 Å². The molecule has 0 fully saturated rings. The summed E-state index contributed by atoms with van der Waals surface area (Å²) < 4.78 is 22.7. The van der Waals surface area contributed by atoms with Gasteiger partial charge in [0, 0.05) is 26.2 Å². The zero-order chi connectivity index (χ0) is 26.5. The molecule has 0 saturated carbocycles. The number of ether oxygens (including phenoxy) is 4. The second kappa shape index (κ2) is 15.2. The monoisotopic (exact) mass is 494 g/mol. The van der Waals surface area contributed by atoms with E-state index in [-0.39, 0.29) is 5.76 Å². The van der Waals surface area contributed by atoms with Crippen LogP contribution >= 0.6 is 0 Å². The van der Waals surface area contributed by atoms with Gasteiger partial charge in [-0.3, -0.25) is 0 Å². The molecule has 5 heteroatoms. The van der Waals surface area contributed by atoms with E-state index >= 15 is 0 Å². The molecule has 196 valence electrons. The predicted octanol–water partition coefficient (Wildman–Crippen LogP) is 7.25. The van der Waals surface area contributed by atoms with Gasteiger partial charge in [-0.2, -0.15) is 0 Å². The molecular weight excluding hydrogens is 452 g/mol. The maximum absolute atomic E-state index is 10.7. The molecule has 0 aliphatic carbocycles. The van der Waals surface area contributed by atoms with Crippen molar-refractivity contribution in [3.05, 3.63) is 94.3 Å². The highest BCUT2D eigenvalue weighted by Crippen LogP contribution is 2.31. The lowest BCUT2D eigenvalue weighted by Crippen LogP contribution is -2.12. The van der Waals surface area contributed by atoms with E-state index in [1.54, 1.807) is 20.3 Å². The van der Waals surface area contributed by atoms with Gasteiger partial charge in [0.15, 0.2) is 0 Å². The fourth-order valence-corrected chi connectivity index (χ4v) is 3.95. The number of hydrogen-bond acceptors (Lipinski definition) is 5. The molecule has 0 bridgehead atoms. The van der Waals surface area contributed by atoms with Crippen LogP contribution in [0, 0.1) is 6.92 Å². The Labute approximate surface area is 217 Å². The second-order valence-electron chi connectivity index (χ2n) is 9.16. The van der Waals surface area contributed by atoms with Crippen LogP contribution in [0.15, 0.2) is 72.0 Å². The van der Waals surface area contributed by atoms with Gasteiger partial charge in [0.1, 0.15) is 30.5 Å². The lowest BCUT2D eigenvalue weighted by molar-refractivity contribution is 0.174. The first-order valence-corrected chi connectivity index (χ1v) is 12.5. The van der Waals surface area contributed by atoms with Gasteiger partial charge in [0.05, 0.1) is 13.2 Å². The minimum absolute atomic E-state index is 0.171. The van der Waals surface area contributed by atoms with Crippen LogP contribution in [-0.4, -0.2) is 39.1 Å². The number of benzene rings is 2. The fraction of sp³-hybridized carbons (Fsp3) is 0.419. The predicted molar refractivity (Wildman–Crippen MR) is 147 cm³/mol. The number of hydrogen-bond donors (Lipinski definition) is 1. The summed E-state index contributed by atoms with van der Waals surface area (Å²) in [6, 6.07) is 12.4. The van der Waals surface area contributed by atoms with Crippen LogP contribution in [0.3, 0.4) is 0 Å². The van der Waals surface area contributed by atoms with Crippen LogP contribution < -0.4 is 9.47 Å². The van der Waals surface area contributed by atoms with E-state index in [0.29, 0.717) is 38.8 Å². The molecule has 0 radical (unpaired) electrons. The van der Waals surface area contributed by atoms with Crippen molar-refractivity contribution in [1.29, 1.82) is 0 Å². The highest BCUT2D eigenvalue weighted by atomic mass is 16.5. The molecule has 0 aliphatic heterocycles. The first kappa shape index (κ1) is 29.2. The van der Waals surface area contributed by atoms with E-state index < -0.39 is 0 Å². The summed E-state index contributed by atoms with van der Waals surface area (Å²) >= 11 is 0. The van der Waals surface area contributed by atoms with Crippen molar-refractivity contribution in [3.63, 3.8) is 0 Å². The summed E-state index contributed by atoms with van der Waals surface area (Å²) in [5.41, 5.74) is 5.93. The Kier molecular flexibility index (Phi) is 12.3. The third kappa shape index (κ3) is 9.21. The van der Waals surface area contributed by atoms with Gasteiger partial charge in [0.25, 0.3) is 0 Å². The highest BCUT2D eigenvalue weighted by Gasteiger charge is 2.15. The molecule has 0 heterocycles. The highest BCUT2D eigenvalue weighted by molar-refractivity contribution is 5.48. The number of aliphatic hydroxyl groups is 1. The minimum atomic E-state index is 0.171. The van der Waals surface area contributed by atoms with Crippen molar-refractivity contribution >= 4 is 0 Å². The average molecular weight is 495 g/mol. The molecule has 1 unspecified atom stereocenters. The third-order valence-corrected chi connectivity index (χ3v) is 5.92. The summed E-state index contributed by atoms with van der Waals surface area (Å²) in [5.74, 6) is 2.29. The van der Waals surface area contributed by atoms with Gasteiger partial charge in [-0.15, -0.1) is 0 Å². The topological polar surface area (TPSA) is 57.2 Å². The molecule has 1 N–H and O–H groups in total. The summed E-state index contributed by atoms with van der Waals surface area (Å²) in [5, 5.41) is 10.7. The quantitative estimate of drug-likeness (QED) is 0.161. The van der Waals surface area contributed by atoms with Crippen LogP contribution in [0.25, 0.3) is 0 Å². The van der Waals surface area contributed by atoms with Crippen molar-refractivity contribution in [2.75, 3.05) is 34.0 Å². The third-order valence-electron chi connectivity index (χ3n) is 5.92. The first-order chi connectivity index (χ1) is 17.3. The van der Waals surface area contributed by atoms with Gasteiger partial charge in [0.2, 0.25) is 0 Å². The van der Waals surface area contributed by atoms with Crippen LogP contribution in [-0.2, 0) is 22.5 Å². The molecule has 0 amide bonds. The van der Waals surface area contributed by atoms with E-state index in [1.807, 2.05) is 32.1 Å². The van der Waals surface area contributed by atoms with Crippen LogP contribution in [0.4, 0.5) is 0 Å². The van der Waals surface area contributed by atoms with Gasteiger partial charge in [-0.05, 0) is 61.1 Å². The lowest BCUT2D eigenvalue weighted by atomic mass is 9.96. The summed E-state index contributed by atoms with van der Waals surface area (Å²) in [7, 11) is 3.27. The van der Waals surface area contributed by atoms with E-state index in [9.17, 15) is 5.11 Å². The Hall–Kier alpha value is -3.02. The Morgan fingerprint density at radius 1 is 1.03 bits per heavy atom. The lowest BCUT2D eigenvalue weighted by Gasteiger charge is -2.19. The molecule has 0 saturated heterocycles. The van der Waals surface area contributed by atoms with Crippen molar-refractivity contribution in [2.45, 2.75) is 53.1 Å². The SMILES string of the molecule is C=C(C)/C=C(Cc1cc(C)cc(COC)c1OCCOc1ccc(C(C)CC)cc1)\C(O)=C\COC. The molecular formula is C31H42O5. The molecule has 2 aromatic carbocycles. The molecule has 0 spiro atoms. The van der Waals surface area contributed by atoms with E-state index in [0.717, 1.165) is 45.8 Å². The minimum Gasteiger partial charge on any atom is -0.508 e.